The molecule has 1 spiro atoms. The molecule has 1 fully saturated rings. The van der Waals surface area contributed by atoms with Crippen LogP contribution in [0.15, 0.2) is 92.7 Å². The molecule has 1 atom stereocenters. The molecule has 2 aromatic carbocycles. The highest BCUT2D eigenvalue weighted by atomic mass is 32.1. The summed E-state index contributed by atoms with van der Waals surface area (Å²) in [4.78, 5) is 42.4. The van der Waals surface area contributed by atoms with Crippen LogP contribution in [0, 0.1) is 0 Å². The summed E-state index contributed by atoms with van der Waals surface area (Å²) in [5.41, 5.74) is -1.16. The molecule has 4 aromatic rings. The van der Waals surface area contributed by atoms with Gasteiger partial charge >= 0.3 is 11.9 Å². The fourth-order valence-electron chi connectivity index (χ4n) is 4.79. The van der Waals surface area contributed by atoms with Gasteiger partial charge in [0.25, 0.3) is 11.3 Å². The van der Waals surface area contributed by atoms with E-state index in [-0.39, 0.29) is 11.0 Å². The molecular weight excluding hydrogens is 480 g/mol. The highest BCUT2D eigenvalue weighted by Gasteiger charge is 2.70. The fraction of sp³-hybridized carbons (Fsp3) is 0.185. The molecule has 180 valence electrons. The number of para-hydroxylation sites is 2. The van der Waals surface area contributed by atoms with E-state index in [2.05, 4.69) is 0 Å². The summed E-state index contributed by atoms with van der Waals surface area (Å²) in [6.45, 7) is 2.97. The van der Waals surface area contributed by atoms with Crippen LogP contribution in [0.3, 0.4) is 0 Å². The third kappa shape index (κ3) is 3.12. The molecule has 2 aliphatic rings. The molecular formula is C27H20N2O6S. The Labute approximate surface area is 209 Å². The predicted molar refractivity (Wildman–Crippen MR) is 134 cm³/mol. The van der Waals surface area contributed by atoms with Crippen LogP contribution >= 0.6 is 11.3 Å². The summed E-state index contributed by atoms with van der Waals surface area (Å²) in [5.74, 6) is -4.36. The molecule has 6 rings (SSSR count). The summed E-state index contributed by atoms with van der Waals surface area (Å²) in [6, 6.07) is 19.3. The van der Waals surface area contributed by atoms with E-state index in [1.807, 2.05) is 23.6 Å². The predicted octanol–water partition coefficient (Wildman–Crippen LogP) is 4.44. The maximum atomic E-state index is 13.9. The minimum absolute atomic E-state index is 0.105. The Morgan fingerprint density at radius 1 is 0.889 bits per heavy atom. The van der Waals surface area contributed by atoms with E-state index < -0.39 is 29.2 Å². The van der Waals surface area contributed by atoms with Crippen LogP contribution in [0.5, 0.6) is 0 Å². The molecule has 0 aliphatic carbocycles. The minimum atomic E-state index is -2.12. The third-order valence-electron chi connectivity index (χ3n) is 6.32. The van der Waals surface area contributed by atoms with Gasteiger partial charge in [0, 0.05) is 19.4 Å². The summed E-state index contributed by atoms with van der Waals surface area (Å²) in [6.07, 6.45) is 1.30. The summed E-state index contributed by atoms with van der Waals surface area (Å²) in [7, 11) is 0. The van der Waals surface area contributed by atoms with Gasteiger partial charge in [0.1, 0.15) is 5.58 Å². The molecule has 9 heteroatoms. The van der Waals surface area contributed by atoms with Crippen LogP contribution in [-0.4, -0.2) is 29.0 Å². The lowest BCUT2D eigenvalue weighted by Crippen LogP contribution is -2.67. The quantitative estimate of drug-likeness (QED) is 0.303. The number of rotatable bonds is 3. The van der Waals surface area contributed by atoms with Crippen molar-refractivity contribution in [2.75, 3.05) is 5.01 Å². The number of hydrogen-bond donors (Lipinski definition) is 0. The minimum Gasteiger partial charge on any atom is -0.464 e. The molecule has 1 unspecified atom stereocenters. The largest absolute Gasteiger partial charge is 0.464 e. The second-order valence-corrected chi connectivity index (χ2v) is 9.95. The number of ether oxygens (including phenoxy) is 2. The molecule has 0 amide bonds. The molecule has 0 bridgehead atoms. The standard InChI is InChI=1S/C27H20N2O6S/c1-26(2)34-24(31)27(25(32)35-26)21(18-15-33-19-12-7-6-11-17(19)23(18)30)22(20-13-8-14-36-20)28-29(27)16-9-4-3-5-10-16/h3-15,21H,1-2H3. The van der Waals surface area contributed by atoms with E-state index in [0.29, 0.717) is 27.2 Å². The molecule has 1 saturated heterocycles. The molecule has 0 N–H and O–H groups in total. The van der Waals surface area contributed by atoms with Gasteiger partial charge in [0.05, 0.1) is 33.8 Å². The molecule has 2 aromatic heterocycles. The molecule has 36 heavy (non-hydrogen) atoms. The topological polar surface area (TPSA) is 98.4 Å². The number of cyclic esters (lactones) is 2. The zero-order valence-electron chi connectivity index (χ0n) is 19.3. The molecule has 8 nitrogen and oxygen atoms in total. The number of nitrogens with zero attached hydrogens (tertiary/aromatic N) is 2. The first-order valence-corrected chi connectivity index (χ1v) is 12.2. The SMILES string of the molecule is CC1(C)OC(=O)C2(C(=O)O1)C(c1coc3ccccc3c1=O)C(c1cccs1)=NN2c1ccccc1. The van der Waals surface area contributed by atoms with Crippen molar-refractivity contribution in [3.05, 3.63) is 99.0 Å². The number of esters is 2. The third-order valence-corrected chi connectivity index (χ3v) is 7.22. The number of benzene rings is 2. The van der Waals surface area contributed by atoms with E-state index in [0.717, 1.165) is 0 Å². The Hall–Kier alpha value is -4.24. The lowest BCUT2D eigenvalue weighted by atomic mass is 9.75. The van der Waals surface area contributed by atoms with Gasteiger partial charge in [-0.3, -0.25) is 4.79 Å². The summed E-state index contributed by atoms with van der Waals surface area (Å²) in [5, 5.41) is 8.29. The number of thiophene rings is 1. The van der Waals surface area contributed by atoms with Crippen molar-refractivity contribution in [1.82, 2.24) is 0 Å². The van der Waals surface area contributed by atoms with Crippen molar-refractivity contribution < 1.29 is 23.5 Å². The molecule has 0 radical (unpaired) electrons. The monoisotopic (exact) mass is 500 g/mol. The first-order valence-electron chi connectivity index (χ1n) is 11.3. The smallest absolute Gasteiger partial charge is 0.350 e. The van der Waals surface area contributed by atoms with Crippen LogP contribution in [0.25, 0.3) is 11.0 Å². The molecule has 2 aliphatic heterocycles. The average Bonchev–Trinajstić information content (AvgIpc) is 3.50. The van der Waals surface area contributed by atoms with E-state index >= 15 is 0 Å². The van der Waals surface area contributed by atoms with Gasteiger partial charge in [-0.2, -0.15) is 5.10 Å². The Balaban J connectivity index is 1.68. The van der Waals surface area contributed by atoms with Crippen molar-refractivity contribution in [1.29, 1.82) is 0 Å². The first-order chi connectivity index (χ1) is 17.3. The van der Waals surface area contributed by atoms with Gasteiger partial charge in [-0.1, -0.05) is 36.4 Å². The van der Waals surface area contributed by atoms with E-state index in [1.165, 1.54) is 36.5 Å². The Bertz CT molecular complexity index is 1570. The van der Waals surface area contributed by atoms with Gasteiger partial charge in [0.15, 0.2) is 5.43 Å². The number of anilines is 1. The maximum absolute atomic E-state index is 13.9. The van der Waals surface area contributed by atoms with E-state index in [9.17, 15) is 14.4 Å². The van der Waals surface area contributed by atoms with Crippen LogP contribution in [0.2, 0.25) is 0 Å². The first kappa shape index (κ1) is 22.2. The van der Waals surface area contributed by atoms with Gasteiger partial charge < -0.3 is 13.9 Å². The summed E-state index contributed by atoms with van der Waals surface area (Å²) < 4.78 is 17.1. The Kier molecular flexibility index (Phi) is 4.87. The van der Waals surface area contributed by atoms with Crippen LogP contribution in [0.4, 0.5) is 5.69 Å². The number of carbonyl (C=O) groups is 2. The van der Waals surface area contributed by atoms with Crippen molar-refractivity contribution in [3.8, 4) is 0 Å². The van der Waals surface area contributed by atoms with Crippen molar-refractivity contribution in [2.45, 2.75) is 31.1 Å². The van der Waals surface area contributed by atoms with Crippen molar-refractivity contribution in [3.63, 3.8) is 0 Å². The van der Waals surface area contributed by atoms with Gasteiger partial charge in [0.2, 0.25) is 0 Å². The second-order valence-electron chi connectivity index (χ2n) is 9.00. The summed E-state index contributed by atoms with van der Waals surface area (Å²) >= 11 is 1.38. The van der Waals surface area contributed by atoms with E-state index in [4.69, 9.17) is 19.0 Å². The zero-order chi connectivity index (χ0) is 25.1. The number of hydrazone groups is 1. The highest BCUT2D eigenvalue weighted by molar-refractivity contribution is 7.12. The Morgan fingerprint density at radius 2 is 1.58 bits per heavy atom. The number of carbonyl (C=O) groups excluding carboxylic acids is 2. The number of fused-ring (bicyclic) bond motifs is 1. The highest BCUT2D eigenvalue weighted by Crippen LogP contribution is 2.49. The fourth-order valence-corrected chi connectivity index (χ4v) is 5.53. The molecule has 0 saturated carbocycles. The normalized spacial score (nSPS) is 20.3. The van der Waals surface area contributed by atoms with Gasteiger partial charge in [-0.15, -0.1) is 11.3 Å². The van der Waals surface area contributed by atoms with Crippen LogP contribution in [0.1, 0.15) is 30.2 Å². The van der Waals surface area contributed by atoms with Crippen LogP contribution < -0.4 is 10.4 Å². The van der Waals surface area contributed by atoms with E-state index in [1.54, 1.807) is 48.5 Å². The van der Waals surface area contributed by atoms with Crippen molar-refractivity contribution >= 4 is 45.6 Å². The van der Waals surface area contributed by atoms with Crippen LogP contribution in [-0.2, 0) is 19.1 Å². The number of hydrogen-bond acceptors (Lipinski definition) is 9. The van der Waals surface area contributed by atoms with Gasteiger partial charge in [-0.05, 0) is 35.7 Å². The lowest BCUT2D eigenvalue weighted by Gasteiger charge is -2.44. The maximum Gasteiger partial charge on any atom is 0.350 e. The average molecular weight is 501 g/mol. The zero-order valence-corrected chi connectivity index (χ0v) is 20.2. The lowest BCUT2D eigenvalue weighted by molar-refractivity contribution is -0.242. The van der Waals surface area contributed by atoms with Gasteiger partial charge in [-0.25, -0.2) is 14.6 Å². The van der Waals surface area contributed by atoms with Crippen molar-refractivity contribution in [2.24, 2.45) is 5.10 Å². The second kappa shape index (κ2) is 7.89. The Morgan fingerprint density at radius 3 is 2.28 bits per heavy atom. The molecule has 4 heterocycles.